The lowest BCUT2D eigenvalue weighted by Crippen LogP contribution is -2.17. The molecule has 0 amide bonds. The number of nitro benzene ring substituents is 1. The van der Waals surface area contributed by atoms with Crippen molar-refractivity contribution < 1.29 is 9.76 Å². The van der Waals surface area contributed by atoms with Gasteiger partial charge in [-0.1, -0.05) is 47.6 Å². The summed E-state index contributed by atoms with van der Waals surface area (Å²) in [5.41, 5.74) is 3.01. The smallest absolute Gasteiger partial charge is 0.269 e. The standard InChI is InChI=1S/C22H21N3O3/c26-25(27)19-7-5-6-17(14-19)16-28-23-15-18-10-11-22(24-12-3-4-13-24)21-9-2-1-8-20(18)21/h1-2,5-11,14-15H,3-4,12-13,16H2/b23-15-. The Labute approximate surface area is 163 Å². The Morgan fingerprint density at radius 1 is 1.04 bits per heavy atom. The van der Waals surface area contributed by atoms with Crippen molar-refractivity contribution in [2.24, 2.45) is 5.16 Å². The number of non-ortho nitro benzene ring substituents is 1. The van der Waals surface area contributed by atoms with Crippen LogP contribution in [0.25, 0.3) is 10.8 Å². The molecule has 0 spiro atoms. The van der Waals surface area contributed by atoms with E-state index in [0.717, 1.165) is 24.0 Å². The third-order valence-corrected chi connectivity index (χ3v) is 5.00. The molecular formula is C22H21N3O3. The summed E-state index contributed by atoms with van der Waals surface area (Å²) >= 11 is 0. The minimum atomic E-state index is -0.416. The molecule has 6 nitrogen and oxygen atoms in total. The first kappa shape index (κ1) is 18.0. The van der Waals surface area contributed by atoms with E-state index in [1.807, 2.05) is 6.07 Å². The molecule has 0 N–H and O–H groups in total. The van der Waals surface area contributed by atoms with E-state index in [4.69, 9.17) is 4.84 Å². The Bertz CT molecular complexity index is 1030. The van der Waals surface area contributed by atoms with Gasteiger partial charge in [0, 0.05) is 41.9 Å². The lowest BCUT2D eigenvalue weighted by Gasteiger charge is -2.20. The van der Waals surface area contributed by atoms with Crippen molar-refractivity contribution in [1.82, 2.24) is 0 Å². The molecule has 3 aromatic rings. The van der Waals surface area contributed by atoms with Gasteiger partial charge in [-0.2, -0.15) is 0 Å². The molecule has 6 heteroatoms. The van der Waals surface area contributed by atoms with Crippen molar-refractivity contribution in [3.63, 3.8) is 0 Å². The number of oxime groups is 1. The molecule has 1 fully saturated rings. The van der Waals surface area contributed by atoms with Crippen molar-refractivity contribution in [3.05, 3.63) is 81.9 Å². The summed E-state index contributed by atoms with van der Waals surface area (Å²) < 4.78 is 0. The zero-order chi connectivity index (χ0) is 19.3. The topological polar surface area (TPSA) is 68.0 Å². The van der Waals surface area contributed by atoms with E-state index >= 15 is 0 Å². The molecule has 0 aliphatic carbocycles. The first-order chi connectivity index (χ1) is 13.7. The maximum Gasteiger partial charge on any atom is 0.269 e. The Hall–Kier alpha value is -3.41. The summed E-state index contributed by atoms with van der Waals surface area (Å²) in [7, 11) is 0. The highest BCUT2D eigenvalue weighted by Gasteiger charge is 2.15. The average molecular weight is 375 g/mol. The van der Waals surface area contributed by atoms with Crippen molar-refractivity contribution >= 4 is 28.4 Å². The SMILES string of the molecule is O=[N+]([O-])c1cccc(CO/N=C\c2ccc(N3CCCC3)c3ccccc23)c1. The van der Waals surface area contributed by atoms with E-state index in [1.54, 1.807) is 18.3 Å². The Morgan fingerprint density at radius 2 is 1.82 bits per heavy atom. The predicted molar refractivity (Wildman–Crippen MR) is 111 cm³/mol. The molecule has 1 aliphatic rings. The lowest BCUT2D eigenvalue weighted by molar-refractivity contribution is -0.384. The Morgan fingerprint density at radius 3 is 2.61 bits per heavy atom. The highest BCUT2D eigenvalue weighted by Crippen LogP contribution is 2.31. The maximum atomic E-state index is 10.8. The second-order valence-corrected chi connectivity index (χ2v) is 6.85. The van der Waals surface area contributed by atoms with Gasteiger partial charge in [0.25, 0.3) is 5.69 Å². The second-order valence-electron chi connectivity index (χ2n) is 6.85. The zero-order valence-corrected chi connectivity index (χ0v) is 15.5. The van der Waals surface area contributed by atoms with E-state index in [-0.39, 0.29) is 12.3 Å². The van der Waals surface area contributed by atoms with E-state index in [2.05, 4.69) is 40.4 Å². The van der Waals surface area contributed by atoms with Crippen LogP contribution in [0.4, 0.5) is 11.4 Å². The van der Waals surface area contributed by atoms with Crippen LogP contribution in [0, 0.1) is 10.1 Å². The molecule has 0 saturated carbocycles. The fourth-order valence-electron chi connectivity index (χ4n) is 3.62. The Balaban J connectivity index is 1.51. The number of rotatable bonds is 6. The van der Waals surface area contributed by atoms with Crippen LogP contribution in [0.3, 0.4) is 0 Å². The highest BCUT2D eigenvalue weighted by molar-refractivity contribution is 6.05. The van der Waals surface area contributed by atoms with Crippen molar-refractivity contribution in [2.45, 2.75) is 19.4 Å². The van der Waals surface area contributed by atoms with Gasteiger partial charge >= 0.3 is 0 Å². The van der Waals surface area contributed by atoms with Crippen LogP contribution in [-0.4, -0.2) is 24.2 Å². The number of fused-ring (bicyclic) bond motifs is 1. The molecule has 0 aromatic heterocycles. The van der Waals surface area contributed by atoms with Crippen molar-refractivity contribution in [3.8, 4) is 0 Å². The molecule has 0 unspecified atom stereocenters. The van der Waals surface area contributed by atoms with Gasteiger partial charge < -0.3 is 9.74 Å². The van der Waals surface area contributed by atoms with E-state index in [0.29, 0.717) is 5.56 Å². The Kier molecular flexibility index (Phi) is 5.19. The molecule has 0 bridgehead atoms. The molecule has 142 valence electrons. The van der Waals surface area contributed by atoms with Gasteiger partial charge in [-0.15, -0.1) is 0 Å². The van der Waals surface area contributed by atoms with Gasteiger partial charge in [-0.05, 0) is 29.9 Å². The maximum absolute atomic E-state index is 10.8. The highest BCUT2D eigenvalue weighted by atomic mass is 16.6. The predicted octanol–water partition coefficient (Wildman–Crippen LogP) is 4.90. The van der Waals surface area contributed by atoms with Gasteiger partial charge in [0.05, 0.1) is 11.1 Å². The molecule has 3 aromatic carbocycles. The molecule has 0 radical (unpaired) electrons. The van der Waals surface area contributed by atoms with Crippen LogP contribution in [0.1, 0.15) is 24.0 Å². The number of anilines is 1. The lowest BCUT2D eigenvalue weighted by atomic mass is 10.0. The molecular weight excluding hydrogens is 354 g/mol. The van der Waals surface area contributed by atoms with Crippen molar-refractivity contribution in [2.75, 3.05) is 18.0 Å². The fraction of sp³-hybridized carbons (Fsp3) is 0.227. The average Bonchev–Trinajstić information content (AvgIpc) is 3.26. The normalized spacial score (nSPS) is 14.1. The van der Waals surface area contributed by atoms with Crippen LogP contribution in [0.2, 0.25) is 0 Å². The molecule has 28 heavy (non-hydrogen) atoms. The summed E-state index contributed by atoms with van der Waals surface area (Å²) in [6.45, 7) is 2.38. The van der Waals surface area contributed by atoms with Gasteiger partial charge in [0.1, 0.15) is 6.61 Å². The summed E-state index contributed by atoms with van der Waals surface area (Å²) in [6, 6.07) is 18.9. The largest absolute Gasteiger partial charge is 0.391 e. The summed E-state index contributed by atoms with van der Waals surface area (Å²) in [5.74, 6) is 0. The van der Waals surface area contributed by atoms with Crippen LogP contribution in [0.15, 0.2) is 65.8 Å². The van der Waals surface area contributed by atoms with Gasteiger partial charge in [0.15, 0.2) is 0 Å². The molecule has 1 aliphatic heterocycles. The third kappa shape index (κ3) is 3.81. The third-order valence-electron chi connectivity index (χ3n) is 5.00. The molecule has 4 rings (SSSR count). The van der Waals surface area contributed by atoms with Gasteiger partial charge in [0.2, 0.25) is 0 Å². The van der Waals surface area contributed by atoms with Crippen LogP contribution < -0.4 is 4.90 Å². The van der Waals surface area contributed by atoms with Crippen LogP contribution in [0.5, 0.6) is 0 Å². The van der Waals surface area contributed by atoms with Crippen molar-refractivity contribution in [1.29, 1.82) is 0 Å². The quantitative estimate of drug-likeness (QED) is 0.349. The minimum Gasteiger partial charge on any atom is -0.391 e. The summed E-state index contributed by atoms with van der Waals surface area (Å²) in [5, 5.41) is 17.3. The van der Waals surface area contributed by atoms with E-state index < -0.39 is 4.92 Å². The summed E-state index contributed by atoms with van der Waals surface area (Å²) in [6.07, 6.45) is 4.18. The fourth-order valence-corrected chi connectivity index (χ4v) is 3.62. The first-order valence-corrected chi connectivity index (χ1v) is 9.38. The first-order valence-electron chi connectivity index (χ1n) is 9.38. The number of benzene rings is 3. The monoisotopic (exact) mass is 375 g/mol. The van der Waals surface area contributed by atoms with E-state index in [9.17, 15) is 10.1 Å². The zero-order valence-electron chi connectivity index (χ0n) is 15.5. The van der Waals surface area contributed by atoms with Crippen LogP contribution in [-0.2, 0) is 11.4 Å². The van der Waals surface area contributed by atoms with Crippen LogP contribution >= 0.6 is 0 Å². The number of hydrogen-bond acceptors (Lipinski definition) is 5. The minimum absolute atomic E-state index is 0.0496. The number of hydrogen-bond donors (Lipinski definition) is 0. The van der Waals surface area contributed by atoms with E-state index in [1.165, 1.54) is 36.0 Å². The molecule has 0 atom stereocenters. The number of nitrogens with zero attached hydrogens (tertiary/aromatic N) is 3. The molecule has 1 heterocycles. The number of nitro groups is 1. The second kappa shape index (κ2) is 8.08. The van der Waals surface area contributed by atoms with Gasteiger partial charge in [-0.3, -0.25) is 10.1 Å². The summed E-state index contributed by atoms with van der Waals surface area (Å²) in [4.78, 5) is 18.2. The molecule has 1 saturated heterocycles. The van der Waals surface area contributed by atoms with Gasteiger partial charge in [-0.25, -0.2) is 0 Å².